The molecule has 0 atom stereocenters. The molecule has 1 heterocycles. The third kappa shape index (κ3) is 2.82. The Kier molecular flexibility index (Phi) is 3.24. The SMILES string of the molecule is N#Cc1cc(-c2ccnc(N)n2)ccc1NC(=O)C1CC1. The highest BCUT2D eigenvalue weighted by atomic mass is 16.2. The molecular formula is C15H13N5O. The number of carbonyl (C=O) groups is 1. The molecule has 1 aromatic heterocycles. The predicted octanol–water partition coefficient (Wildman–Crippen LogP) is 1.95. The Morgan fingerprint density at radius 1 is 1.38 bits per heavy atom. The normalized spacial score (nSPS) is 13.5. The molecule has 1 aliphatic carbocycles. The Morgan fingerprint density at radius 3 is 2.86 bits per heavy atom. The van der Waals surface area contributed by atoms with E-state index in [4.69, 9.17) is 5.73 Å². The molecule has 1 aromatic carbocycles. The van der Waals surface area contributed by atoms with Gasteiger partial charge < -0.3 is 11.1 Å². The van der Waals surface area contributed by atoms with Gasteiger partial charge in [0.15, 0.2) is 0 Å². The van der Waals surface area contributed by atoms with Gasteiger partial charge in [0.2, 0.25) is 11.9 Å². The molecule has 1 saturated carbocycles. The van der Waals surface area contributed by atoms with Gasteiger partial charge in [-0.15, -0.1) is 0 Å². The molecule has 0 aliphatic heterocycles. The van der Waals surface area contributed by atoms with E-state index < -0.39 is 0 Å². The van der Waals surface area contributed by atoms with Crippen LogP contribution in [-0.4, -0.2) is 15.9 Å². The first-order chi connectivity index (χ1) is 10.2. The van der Waals surface area contributed by atoms with Gasteiger partial charge >= 0.3 is 0 Å². The number of nitrogens with zero attached hydrogens (tertiary/aromatic N) is 3. The van der Waals surface area contributed by atoms with Crippen LogP contribution in [0.5, 0.6) is 0 Å². The molecule has 0 saturated heterocycles. The van der Waals surface area contributed by atoms with E-state index in [2.05, 4.69) is 21.4 Å². The van der Waals surface area contributed by atoms with Crippen molar-refractivity contribution in [2.24, 2.45) is 5.92 Å². The maximum absolute atomic E-state index is 11.8. The van der Waals surface area contributed by atoms with Gasteiger partial charge in [0.25, 0.3) is 0 Å². The average molecular weight is 279 g/mol. The Morgan fingerprint density at radius 2 is 2.19 bits per heavy atom. The molecule has 1 amide bonds. The van der Waals surface area contributed by atoms with Crippen LogP contribution in [0.25, 0.3) is 11.3 Å². The summed E-state index contributed by atoms with van der Waals surface area (Å²) in [5, 5.41) is 12.0. The summed E-state index contributed by atoms with van der Waals surface area (Å²) in [5.74, 6) is 0.250. The zero-order valence-corrected chi connectivity index (χ0v) is 11.2. The van der Waals surface area contributed by atoms with Crippen molar-refractivity contribution in [3.8, 4) is 17.3 Å². The van der Waals surface area contributed by atoms with E-state index in [9.17, 15) is 10.1 Å². The van der Waals surface area contributed by atoms with Crippen molar-refractivity contribution in [2.75, 3.05) is 11.1 Å². The molecule has 0 bridgehead atoms. The zero-order chi connectivity index (χ0) is 14.8. The van der Waals surface area contributed by atoms with Gasteiger partial charge in [-0.2, -0.15) is 5.26 Å². The van der Waals surface area contributed by atoms with E-state index in [1.807, 2.05) is 0 Å². The minimum atomic E-state index is -0.0227. The summed E-state index contributed by atoms with van der Waals surface area (Å²) in [4.78, 5) is 19.7. The molecule has 2 aromatic rings. The van der Waals surface area contributed by atoms with Crippen LogP contribution in [0.2, 0.25) is 0 Å². The highest BCUT2D eigenvalue weighted by Crippen LogP contribution is 2.31. The molecule has 104 valence electrons. The van der Waals surface area contributed by atoms with Crippen molar-refractivity contribution < 1.29 is 4.79 Å². The molecule has 3 N–H and O–H groups in total. The van der Waals surface area contributed by atoms with Gasteiger partial charge in [-0.1, -0.05) is 6.07 Å². The summed E-state index contributed by atoms with van der Waals surface area (Å²) < 4.78 is 0. The summed E-state index contributed by atoms with van der Waals surface area (Å²) in [6, 6.07) is 9.01. The molecule has 21 heavy (non-hydrogen) atoms. The second-order valence-electron chi connectivity index (χ2n) is 4.94. The van der Waals surface area contributed by atoms with Crippen LogP contribution in [0.15, 0.2) is 30.5 Å². The van der Waals surface area contributed by atoms with Crippen molar-refractivity contribution in [1.29, 1.82) is 5.26 Å². The summed E-state index contributed by atoms with van der Waals surface area (Å²) in [6.07, 6.45) is 3.41. The fraction of sp³-hybridized carbons (Fsp3) is 0.200. The van der Waals surface area contributed by atoms with Gasteiger partial charge in [0, 0.05) is 17.7 Å². The predicted molar refractivity (Wildman–Crippen MR) is 77.9 cm³/mol. The molecule has 1 aliphatic rings. The average Bonchev–Trinajstić information content (AvgIpc) is 3.32. The van der Waals surface area contributed by atoms with Gasteiger partial charge in [-0.25, -0.2) is 9.97 Å². The number of anilines is 2. The number of benzene rings is 1. The summed E-state index contributed by atoms with van der Waals surface area (Å²) in [5.41, 5.74) is 7.88. The van der Waals surface area contributed by atoms with Crippen molar-refractivity contribution >= 4 is 17.5 Å². The van der Waals surface area contributed by atoms with Crippen molar-refractivity contribution in [2.45, 2.75) is 12.8 Å². The van der Waals surface area contributed by atoms with Crippen LogP contribution in [0.3, 0.4) is 0 Å². The van der Waals surface area contributed by atoms with Gasteiger partial charge in [-0.05, 0) is 31.0 Å². The van der Waals surface area contributed by atoms with E-state index in [1.165, 1.54) is 0 Å². The third-order valence-corrected chi connectivity index (χ3v) is 3.32. The lowest BCUT2D eigenvalue weighted by atomic mass is 10.1. The maximum Gasteiger partial charge on any atom is 0.227 e. The fourth-order valence-corrected chi connectivity index (χ4v) is 2.02. The Balaban J connectivity index is 1.91. The topological polar surface area (TPSA) is 105 Å². The summed E-state index contributed by atoms with van der Waals surface area (Å²) >= 11 is 0. The lowest BCUT2D eigenvalue weighted by molar-refractivity contribution is -0.117. The molecule has 6 heteroatoms. The van der Waals surface area contributed by atoms with Crippen LogP contribution in [0, 0.1) is 17.2 Å². The summed E-state index contributed by atoms with van der Waals surface area (Å²) in [6.45, 7) is 0. The first-order valence-corrected chi connectivity index (χ1v) is 6.61. The standard InChI is InChI=1S/C15H13N5O/c16-8-11-7-10(13-5-6-18-15(17)20-13)3-4-12(11)19-14(21)9-1-2-9/h3-7,9H,1-2H2,(H,19,21)(H2,17,18,20). The first-order valence-electron chi connectivity index (χ1n) is 6.61. The number of amides is 1. The first kappa shape index (κ1) is 13.1. The van der Waals surface area contributed by atoms with E-state index in [-0.39, 0.29) is 17.8 Å². The molecule has 0 unspecified atom stereocenters. The maximum atomic E-state index is 11.8. The Labute approximate surface area is 121 Å². The van der Waals surface area contributed by atoms with Crippen LogP contribution < -0.4 is 11.1 Å². The van der Waals surface area contributed by atoms with E-state index in [1.54, 1.807) is 30.5 Å². The number of rotatable bonds is 3. The van der Waals surface area contributed by atoms with E-state index in [0.29, 0.717) is 16.9 Å². The number of aromatic nitrogens is 2. The summed E-state index contributed by atoms with van der Waals surface area (Å²) in [7, 11) is 0. The largest absolute Gasteiger partial charge is 0.368 e. The number of carbonyl (C=O) groups excluding carboxylic acids is 1. The quantitative estimate of drug-likeness (QED) is 0.893. The fourth-order valence-electron chi connectivity index (χ4n) is 2.02. The second-order valence-corrected chi connectivity index (χ2v) is 4.94. The molecule has 3 rings (SSSR count). The number of hydrogen-bond acceptors (Lipinski definition) is 5. The molecule has 0 radical (unpaired) electrons. The second kappa shape index (κ2) is 5.21. The monoisotopic (exact) mass is 279 g/mol. The Hall–Kier alpha value is -2.94. The number of nitrogen functional groups attached to an aromatic ring is 1. The number of nitrogens with one attached hydrogen (secondary N) is 1. The minimum Gasteiger partial charge on any atom is -0.368 e. The molecule has 6 nitrogen and oxygen atoms in total. The van der Waals surface area contributed by atoms with Crippen molar-refractivity contribution in [3.63, 3.8) is 0 Å². The van der Waals surface area contributed by atoms with E-state index in [0.717, 1.165) is 18.4 Å². The third-order valence-electron chi connectivity index (χ3n) is 3.32. The van der Waals surface area contributed by atoms with Crippen LogP contribution in [-0.2, 0) is 4.79 Å². The van der Waals surface area contributed by atoms with Crippen molar-refractivity contribution in [3.05, 3.63) is 36.0 Å². The van der Waals surface area contributed by atoms with Crippen molar-refractivity contribution in [1.82, 2.24) is 9.97 Å². The minimum absolute atomic E-state index is 0.0227. The number of nitrogens with two attached hydrogens (primary N) is 1. The lowest BCUT2D eigenvalue weighted by Gasteiger charge is -2.08. The molecular weight excluding hydrogens is 266 g/mol. The molecule has 1 fully saturated rings. The van der Waals surface area contributed by atoms with Crippen LogP contribution in [0.4, 0.5) is 11.6 Å². The van der Waals surface area contributed by atoms with E-state index >= 15 is 0 Å². The smallest absolute Gasteiger partial charge is 0.227 e. The molecule has 0 spiro atoms. The van der Waals surface area contributed by atoms with Crippen LogP contribution >= 0.6 is 0 Å². The zero-order valence-electron chi connectivity index (χ0n) is 11.2. The Bertz CT molecular complexity index is 746. The lowest BCUT2D eigenvalue weighted by Crippen LogP contribution is -2.14. The number of hydrogen-bond donors (Lipinski definition) is 2. The highest BCUT2D eigenvalue weighted by Gasteiger charge is 2.29. The van der Waals surface area contributed by atoms with Gasteiger partial charge in [-0.3, -0.25) is 4.79 Å². The van der Waals surface area contributed by atoms with Gasteiger partial charge in [0.1, 0.15) is 6.07 Å². The van der Waals surface area contributed by atoms with Crippen LogP contribution in [0.1, 0.15) is 18.4 Å². The highest BCUT2D eigenvalue weighted by molar-refractivity contribution is 5.95. The number of nitriles is 1. The van der Waals surface area contributed by atoms with Gasteiger partial charge in [0.05, 0.1) is 16.9 Å².